The molecule has 0 amide bonds. The summed E-state index contributed by atoms with van der Waals surface area (Å²) >= 11 is 5.52. The molecule has 0 aromatic rings. The second-order valence-electron chi connectivity index (χ2n) is 2.42. The first-order valence-corrected chi connectivity index (χ1v) is 3.57. The van der Waals surface area contributed by atoms with Gasteiger partial charge < -0.3 is 5.73 Å². The lowest BCUT2D eigenvalue weighted by atomic mass is 10.2. The summed E-state index contributed by atoms with van der Waals surface area (Å²) in [6.07, 6.45) is 1.55. The predicted octanol–water partition coefficient (Wildman–Crippen LogP) is 2.10. The average Bonchev–Trinajstić information content (AvgIpc) is 1.82. The zero-order chi connectivity index (χ0) is 8.15. The molecule has 2 nitrogen and oxygen atoms in total. The topological polar surface area (TPSA) is 38.4 Å². The Kier molecular flexibility index (Phi) is 4.12. The second-order valence-corrected chi connectivity index (χ2v) is 3.02. The van der Waals surface area contributed by atoms with E-state index in [1.807, 2.05) is 13.8 Å². The molecule has 0 radical (unpaired) electrons. The van der Waals surface area contributed by atoms with E-state index < -0.39 is 0 Å². The molecule has 0 aliphatic rings. The normalized spacial score (nSPS) is 14.5. The van der Waals surface area contributed by atoms with Gasteiger partial charge in [0.1, 0.15) is 5.84 Å². The Labute approximate surface area is 66.8 Å². The zero-order valence-electron chi connectivity index (χ0n) is 6.56. The monoisotopic (exact) mass is 160 g/mol. The van der Waals surface area contributed by atoms with Crippen molar-refractivity contribution in [3.63, 3.8) is 0 Å². The number of allylic oxidation sites excluding steroid dienone is 1. The lowest BCUT2D eigenvalue weighted by molar-refractivity contribution is 0.872. The molecule has 0 aliphatic heterocycles. The molecular formula is C7H13ClN2. The van der Waals surface area contributed by atoms with Gasteiger partial charge in [0.2, 0.25) is 0 Å². The molecule has 0 heterocycles. The Balaban J connectivity index is 4.05. The zero-order valence-corrected chi connectivity index (χ0v) is 7.31. The van der Waals surface area contributed by atoms with E-state index in [1.54, 1.807) is 13.1 Å². The third-order valence-electron chi connectivity index (χ3n) is 0.983. The van der Waals surface area contributed by atoms with Crippen molar-refractivity contribution < 1.29 is 0 Å². The number of hydrogen-bond donors (Lipinski definition) is 1. The molecule has 10 heavy (non-hydrogen) atoms. The van der Waals surface area contributed by atoms with Gasteiger partial charge in [0.25, 0.3) is 0 Å². The van der Waals surface area contributed by atoms with E-state index in [1.165, 1.54) is 0 Å². The van der Waals surface area contributed by atoms with Gasteiger partial charge in [-0.15, -0.1) is 0 Å². The number of amidine groups is 1. The number of rotatable bonds is 2. The first-order chi connectivity index (χ1) is 4.54. The van der Waals surface area contributed by atoms with Crippen LogP contribution in [-0.4, -0.2) is 5.84 Å². The Morgan fingerprint density at radius 3 is 2.40 bits per heavy atom. The fourth-order valence-electron chi connectivity index (χ4n) is 0.313. The fourth-order valence-corrected chi connectivity index (χ4v) is 0.361. The van der Waals surface area contributed by atoms with Crippen molar-refractivity contribution in [3.8, 4) is 0 Å². The van der Waals surface area contributed by atoms with E-state index in [2.05, 4.69) is 4.99 Å². The number of aliphatic imine (C=N–C) groups is 1. The minimum absolute atomic E-state index is 0.285. The standard InChI is InChI=1S/C7H13ClN2/c1-5(2)7(9)10-4-6(3)8/h4-5H,1-3H3,(H2,9,10)/b6-4+. The van der Waals surface area contributed by atoms with E-state index in [0.29, 0.717) is 10.9 Å². The summed E-state index contributed by atoms with van der Waals surface area (Å²) in [6, 6.07) is 0. The van der Waals surface area contributed by atoms with Gasteiger partial charge in [0.05, 0.1) is 0 Å². The van der Waals surface area contributed by atoms with Crippen LogP contribution in [0, 0.1) is 5.92 Å². The van der Waals surface area contributed by atoms with Crippen molar-refractivity contribution in [2.75, 3.05) is 0 Å². The van der Waals surface area contributed by atoms with Gasteiger partial charge in [0.15, 0.2) is 0 Å². The van der Waals surface area contributed by atoms with Crippen LogP contribution in [0.5, 0.6) is 0 Å². The highest BCUT2D eigenvalue weighted by atomic mass is 35.5. The smallest absolute Gasteiger partial charge is 0.101 e. The van der Waals surface area contributed by atoms with E-state index in [4.69, 9.17) is 17.3 Å². The van der Waals surface area contributed by atoms with Crippen LogP contribution in [0.15, 0.2) is 16.2 Å². The van der Waals surface area contributed by atoms with Crippen molar-refractivity contribution in [1.29, 1.82) is 0 Å². The summed E-state index contributed by atoms with van der Waals surface area (Å²) in [5.74, 6) is 0.896. The van der Waals surface area contributed by atoms with Gasteiger partial charge in [-0.05, 0) is 6.92 Å². The lowest BCUT2D eigenvalue weighted by Crippen LogP contribution is -2.17. The minimum atomic E-state index is 0.285. The summed E-state index contributed by atoms with van der Waals surface area (Å²) in [7, 11) is 0. The van der Waals surface area contributed by atoms with E-state index >= 15 is 0 Å². The van der Waals surface area contributed by atoms with Gasteiger partial charge in [-0.3, -0.25) is 0 Å². The molecule has 0 aliphatic carbocycles. The molecule has 0 aromatic heterocycles. The SMILES string of the molecule is C/C(Cl)=C\N=C(N)C(C)C. The predicted molar refractivity (Wildman–Crippen MR) is 46.1 cm³/mol. The van der Waals surface area contributed by atoms with Crippen molar-refractivity contribution >= 4 is 17.4 Å². The maximum absolute atomic E-state index is 5.52. The quantitative estimate of drug-likeness (QED) is 0.488. The Morgan fingerprint density at radius 2 is 2.10 bits per heavy atom. The molecule has 0 rings (SSSR count). The van der Waals surface area contributed by atoms with Crippen LogP contribution < -0.4 is 5.73 Å². The van der Waals surface area contributed by atoms with Crippen molar-refractivity contribution in [1.82, 2.24) is 0 Å². The second kappa shape index (κ2) is 4.34. The minimum Gasteiger partial charge on any atom is -0.387 e. The van der Waals surface area contributed by atoms with Crippen LogP contribution in [0.3, 0.4) is 0 Å². The van der Waals surface area contributed by atoms with Crippen LogP contribution in [0.4, 0.5) is 0 Å². The highest BCUT2D eigenvalue weighted by molar-refractivity contribution is 6.29. The molecule has 2 N–H and O–H groups in total. The van der Waals surface area contributed by atoms with Gasteiger partial charge in [-0.1, -0.05) is 25.4 Å². The highest BCUT2D eigenvalue weighted by Gasteiger charge is 1.95. The maximum atomic E-state index is 5.52. The molecule has 0 atom stereocenters. The Morgan fingerprint density at radius 1 is 1.60 bits per heavy atom. The van der Waals surface area contributed by atoms with Crippen LogP contribution in [0.25, 0.3) is 0 Å². The van der Waals surface area contributed by atoms with Crippen LogP contribution in [-0.2, 0) is 0 Å². The molecule has 3 heteroatoms. The molecule has 0 spiro atoms. The Hall–Kier alpha value is -0.500. The number of halogens is 1. The summed E-state index contributed by atoms with van der Waals surface area (Å²) in [5, 5.41) is 0.642. The van der Waals surface area contributed by atoms with Gasteiger partial charge >= 0.3 is 0 Å². The van der Waals surface area contributed by atoms with Gasteiger partial charge in [0, 0.05) is 17.2 Å². The fraction of sp³-hybridized carbons (Fsp3) is 0.571. The third-order valence-corrected chi connectivity index (χ3v) is 1.08. The molecule has 0 saturated carbocycles. The number of nitrogens with two attached hydrogens (primary N) is 1. The van der Waals surface area contributed by atoms with Gasteiger partial charge in [-0.2, -0.15) is 0 Å². The number of nitrogens with zero attached hydrogens (tertiary/aromatic N) is 1. The maximum Gasteiger partial charge on any atom is 0.101 e. The molecule has 0 fully saturated rings. The molecule has 0 bridgehead atoms. The molecule has 0 saturated heterocycles. The van der Waals surface area contributed by atoms with Crippen LogP contribution in [0.1, 0.15) is 20.8 Å². The van der Waals surface area contributed by atoms with Crippen LogP contribution in [0.2, 0.25) is 0 Å². The van der Waals surface area contributed by atoms with Gasteiger partial charge in [-0.25, -0.2) is 4.99 Å². The lowest BCUT2D eigenvalue weighted by Gasteiger charge is -2.00. The van der Waals surface area contributed by atoms with E-state index in [-0.39, 0.29) is 5.92 Å². The van der Waals surface area contributed by atoms with Crippen molar-refractivity contribution in [3.05, 3.63) is 11.2 Å². The number of hydrogen-bond acceptors (Lipinski definition) is 1. The molecule has 0 aromatic carbocycles. The van der Waals surface area contributed by atoms with E-state index in [0.717, 1.165) is 0 Å². The first kappa shape index (κ1) is 9.50. The third kappa shape index (κ3) is 4.39. The van der Waals surface area contributed by atoms with Crippen molar-refractivity contribution in [2.24, 2.45) is 16.6 Å². The highest BCUT2D eigenvalue weighted by Crippen LogP contribution is 1.99. The largest absolute Gasteiger partial charge is 0.387 e. The summed E-state index contributed by atoms with van der Waals surface area (Å²) in [6.45, 7) is 5.73. The summed E-state index contributed by atoms with van der Waals surface area (Å²) in [4.78, 5) is 3.92. The molecular weight excluding hydrogens is 148 g/mol. The van der Waals surface area contributed by atoms with E-state index in [9.17, 15) is 0 Å². The first-order valence-electron chi connectivity index (χ1n) is 3.19. The van der Waals surface area contributed by atoms with Crippen LogP contribution >= 0.6 is 11.6 Å². The van der Waals surface area contributed by atoms with Crippen molar-refractivity contribution in [2.45, 2.75) is 20.8 Å². The average molecular weight is 161 g/mol. The summed E-state index contributed by atoms with van der Waals surface area (Å²) < 4.78 is 0. The molecule has 0 unspecified atom stereocenters. The molecule has 58 valence electrons. The summed E-state index contributed by atoms with van der Waals surface area (Å²) in [5.41, 5.74) is 5.51. The Bertz CT molecular complexity index is 155.